The normalized spacial score (nSPS) is 27.7. The summed E-state index contributed by atoms with van der Waals surface area (Å²) in [5.41, 5.74) is -1.57. The lowest BCUT2D eigenvalue weighted by Gasteiger charge is -2.55. The monoisotopic (exact) mass is 554 g/mol. The number of imide groups is 2. The van der Waals surface area contributed by atoms with Gasteiger partial charge in [0.25, 0.3) is 5.91 Å². The third-order valence-corrected chi connectivity index (χ3v) is 8.01. The molecule has 40 heavy (non-hydrogen) atoms. The van der Waals surface area contributed by atoms with Gasteiger partial charge in [-0.3, -0.25) is 29.9 Å². The van der Waals surface area contributed by atoms with E-state index in [-0.39, 0.29) is 48.2 Å². The lowest BCUT2D eigenvalue weighted by molar-refractivity contribution is -0.153. The topological polar surface area (TPSA) is 174 Å². The van der Waals surface area contributed by atoms with Gasteiger partial charge < -0.3 is 18.9 Å². The number of nitrogens with one attached hydrogen (secondary N) is 2. The van der Waals surface area contributed by atoms with E-state index in [1.54, 1.807) is 31.9 Å². The van der Waals surface area contributed by atoms with Crippen molar-refractivity contribution in [2.45, 2.75) is 44.7 Å². The lowest BCUT2D eigenvalue weighted by Crippen LogP contribution is -2.75. The maximum Gasteiger partial charge on any atom is 0.328 e. The lowest BCUT2D eigenvalue weighted by atomic mass is 9.66. The van der Waals surface area contributed by atoms with Crippen LogP contribution < -0.4 is 20.4 Å². The number of aromatic nitrogens is 4. The fraction of sp³-hybridized carbons (Fsp3) is 0.458. The summed E-state index contributed by atoms with van der Waals surface area (Å²) in [7, 11) is 1.63. The minimum absolute atomic E-state index is 0.0141. The number of ether oxygens (including phenoxy) is 2. The summed E-state index contributed by atoms with van der Waals surface area (Å²) < 4.78 is 34.9. The van der Waals surface area contributed by atoms with Crippen molar-refractivity contribution in [3.05, 3.63) is 29.6 Å². The Morgan fingerprint density at radius 3 is 2.60 bits per heavy atom. The first-order valence-electron chi connectivity index (χ1n) is 12.6. The highest BCUT2D eigenvalue weighted by molar-refractivity contribution is 6.20. The molecule has 6 heterocycles. The Labute approximate surface area is 224 Å². The zero-order valence-electron chi connectivity index (χ0n) is 21.5. The molecule has 0 bridgehead atoms. The van der Waals surface area contributed by atoms with Gasteiger partial charge in [0.1, 0.15) is 12.9 Å². The van der Waals surface area contributed by atoms with Crippen LogP contribution in [-0.4, -0.2) is 75.1 Å². The Morgan fingerprint density at radius 2 is 1.90 bits per heavy atom. The maximum absolute atomic E-state index is 16.4. The SMILES string of the molecule is C[C@@H]1CN2c3c(cc4c(N5C(=O)CO[C@@H]5c5ncnn5C)noc4c3F)CC3(C(=O)NC(=O)NC3=O)[C@H]2[C@H](C)O1. The number of hydrogen-bond acceptors (Lipinski definition) is 11. The molecule has 16 heteroatoms. The molecule has 0 saturated carbocycles. The van der Waals surface area contributed by atoms with Crippen LogP contribution in [0.15, 0.2) is 16.9 Å². The number of morpholine rings is 1. The van der Waals surface area contributed by atoms with Gasteiger partial charge in [-0.1, -0.05) is 5.16 Å². The molecule has 3 fully saturated rings. The molecule has 5 amide bonds. The second kappa shape index (κ2) is 8.28. The maximum atomic E-state index is 16.4. The van der Waals surface area contributed by atoms with E-state index < -0.39 is 53.4 Å². The number of amides is 5. The number of aryl methyl sites for hydroxylation is 1. The molecule has 4 atom stereocenters. The van der Waals surface area contributed by atoms with Crippen molar-refractivity contribution in [2.75, 3.05) is 23.0 Å². The smallest absolute Gasteiger partial charge is 0.328 e. The molecule has 2 N–H and O–H groups in total. The molecule has 1 aromatic carbocycles. The number of hydrogen-bond donors (Lipinski definition) is 2. The minimum Gasteiger partial charge on any atom is -0.372 e. The predicted molar refractivity (Wildman–Crippen MR) is 130 cm³/mol. The van der Waals surface area contributed by atoms with Gasteiger partial charge in [-0.25, -0.2) is 18.9 Å². The molecule has 15 nitrogen and oxygen atoms in total. The summed E-state index contributed by atoms with van der Waals surface area (Å²) in [4.78, 5) is 58.8. The highest BCUT2D eigenvalue weighted by Crippen LogP contribution is 2.50. The first-order chi connectivity index (χ1) is 19.1. The Hall–Kier alpha value is -4.44. The van der Waals surface area contributed by atoms with Crippen LogP contribution in [0.25, 0.3) is 11.0 Å². The molecule has 4 aliphatic rings. The summed E-state index contributed by atoms with van der Waals surface area (Å²) in [5.74, 6) is -2.52. The minimum atomic E-state index is -1.80. The van der Waals surface area contributed by atoms with Gasteiger partial charge in [-0.05, 0) is 25.5 Å². The molecular weight excluding hydrogens is 531 g/mol. The molecule has 3 saturated heterocycles. The zero-order valence-corrected chi connectivity index (χ0v) is 21.5. The highest BCUT2D eigenvalue weighted by Gasteiger charge is 2.63. The zero-order chi connectivity index (χ0) is 28.1. The third kappa shape index (κ3) is 3.13. The number of urea groups is 1. The molecule has 1 spiro atoms. The molecule has 0 radical (unpaired) electrons. The van der Waals surface area contributed by atoms with Crippen molar-refractivity contribution in [3.8, 4) is 0 Å². The first-order valence-corrected chi connectivity index (χ1v) is 12.6. The number of rotatable bonds is 2. The summed E-state index contributed by atoms with van der Waals surface area (Å²) in [5, 5.41) is 12.6. The third-order valence-electron chi connectivity index (χ3n) is 8.01. The van der Waals surface area contributed by atoms with Crippen LogP contribution in [-0.2, 0) is 37.3 Å². The van der Waals surface area contributed by atoms with E-state index in [2.05, 4.69) is 25.9 Å². The Bertz CT molecular complexity index is 1610. The van der Waals surface area contributed by atoms with Gasteiger partial charge in [0.2, 0.25) is 17.4 Å². The summed E-state index contributed by atoms with van der Waals surface area (Å²) in [6, 6.07) is -0.299. The fourth-order valence-electron chi connectivity index (χ4n) is 6.48. The van der Waals surface area contributed by atoms with Crippen LogP contribution in [0.3, 0.4) is 0 Å². The number of halogens is 1. The quantitative estimate of drug-likeness (QED) is 0.410. The van der Waals surface area contributed by atoms with Crippen molar-refractivity contribution in [2.24, 2.45) is 12.5 Å². The van der Waals surface area contributed by atoms with Gasteiger partial charge in [0, 0.05) is 20.0 Å². The van der Waals surface area contributed by atoms with E-state index in [9.17, 15) is 19.2 Å². The second-order valence-electron chi connectivity index (χ2n) is 10.4. The average molecular weight is 554 g/mol. The van der Waals surface area contributed by atoms with E-state index in [0.29, 0.717) is 11.4 Å². The van der Waals surface area contributed by atoms with Crippen LogP contribution >= 0.6 is 0 Å². The molecule has 2 aromatic heterocycles. The van der Waals surface area contributed by atoms with Crippen LogP contribution in [0.4, 0.5) is 20.7 Å². The van der Waals surface area contributed by atoms with E-state index in [4.69, 9.17) is 14.0 Å². The summed E-state index contributed by atoms with van der Waals surface area (Å²) in [6.45, 7) is 3.38. The number of carbonyl (C=O) groups is 4. The van der Waals surface area contributed by atoms with Crippen molar-refractivity contribution in [1.82, 2.24) is 30.6 Å². The largest absolute Gasteiger partial charge is 0.372 e. The standard InChI is InChI=1S/C24H23FN8O7/c1-9-6-32-15-11(5-24(17(32)10(2)39-9)21(35)28-23(37)29-22(24)36)4-12-16(14(15)25)40-30-18(12)33-13(34)7-38-20(33)19-26-8-27-31(19)3/h4,8-10,17,20H,5-7H2,1-3H3,(H2,28,29,35,36,37)/t9-,10+,17-,20-/m1/s1. The van der Waals surface area contributed by atoms with Crippen molar-refractivity contribution < 1.29 is 37.6 Å². The summed E-state index contributed by atoms with van der Waals surface area (Å²) in [6.07, 6.45) is -0.969. The van der Waals surface area contributed by atoms with E-state index >= 15 is 4.39 Å². The number of carbonyl (C=O) groups excluding carboxylic acids is 4. The van der Waals surface area contributed by atoms with Gasteiger partial charge in [0.15, 0.2) is 29.1 Å². The van der Waals surface area contributed by atoms with Crippen LogP contribution in [0.1, 0.15) is 31.5 Å². The number of anilines is 2. The van der Waals surface area contributed by atoms with Crippen molar-refractivity contribution in [1.29, 1.82) is 0 Å². The molecule has 3 aromatic rings. The van der Waals surface area contributed by atoms with Gasteiger partial charge in [0.05, 0.1) is 29.3 Å². The Kier molecular flexibility index (Phi) is 5.09. The van der Waals surface area contributed by atoms with Crippen molar-refractivity contribution in [3.63, 3.8) is 0 Å². The highest BCUT2D eigenvalue weighted by atomic mass is 19.1. The summed E-state index contributed by atoms with van der Waals surface area (Å²) >= 11 is 0. The molecule has 4 aliphatic heterocycles. The number of nitrogens with zero attached hydrogens (tertiary/aromatic N) is 6. The Balaban J connectivity index is 1.42. The molecule has 0 unspecified atom stereocenters. The van der Waals surface area contributed by atoms with E-state index in [1.807, 2.05) is 0 Å². The molecular formula is C24H23FN8O7. The van der Waals surface area contributed by atoms with E-state index in [1.165, 1.54) is 15.9 Å². The van der Waals surface area contributed by atoms with Crippen molar-refractivity contribution >= 4 is 46.2 Å². The number of fused-ring (bicyclic) bond motifs is 5. The second-order valence-corrected chi connectivity index (χ2v) is 10.4. The molecule has 0 aliphatic carbocycles. The van der Waals surface area contributed by atoms with Gasteiger partial charge >= 0.3 is 6.03 Å². The van der Waals surface area contributed by atoms with Crippen LogP contribution in [0.5, 0.6) is 0 Å². The first kappa shape index (κ1) is 24.6. The molecule has 208 valence electrons. The number of barbiturate groups is 1. The predicted octanol–water partition coefficient (Wildman–Crippen LogP) is 0.0481. The Morgan fingerprint density at radius 1 is 1.15 bits per heavy atom. The van der Waals surface area contributed by atoms with Crippen LogP contribution in [0.2, 0.25) is 0 Å². The van der Waals surface area contributed by atoms with Gasteiger partial charge in [-0.15, -0.1) is 0 Å². The fourth-order valence-corrected chi connectivity index (χ4v) is 6.48. The molecule has 7 rings (SSSR count). The van der Waals surface area contributed by atoms with E-state index in [0.717, 1.165) is 0 Å². The number of benzene rings is 1. The average Bonchev–Trinajstić information content (AvgIpc) is 3.59. The van der Waals surface area contributed by atoms with Crippen LogP contribution in [0, 0.1) is 11.2 Å². The van der Waals surface area contributed by atoms with Gasteiger partial charge in [-0.2, -0.15) is 5.10 Å².